The smallest absolute Gasteiger partial charge is 0.342 e. The molecule has 0 aromatic rings. The first kappa shape index (κ1) is 17.9. The number of aliphatic hydroxyl groups is 1. The van der Waals surface area contributed by atoms with Gasteiger partial charge >= 0.3 is 5.97 Å². The van der Waals surface area contributed by atoms with Gasteiger partial charge in [-0.25, -0.2) is 4.79 Å². The van der Waals surface area contributed by atoms with Crippen LogP contribution in [-0.2, 0) is 9.53 Å². The normalized spacial score (nSPS) is 36.4. The second kappa shape index (κ2) is 7.17. The fourth-order valence-corrected chi connectivity index (χ4v) is 4.75. The van der Waals surface area contributed by atoms with Crippen molar-refractivity contribution in [2.24, 2.45) is 17.8 Å². The minimum Gasteiger partial charge on any atom is -0.458 e. The van der Waals surface area contributed by atoms with E-state index in [1.165, 1.54) is 0 Å². The molecule has 4 rings (SSSR count). The Kier molecular flexibility index (Phi) is 5.36. The summed E-state index contributed by atoms with van der Waals surface area (Å²) in [6, 6.07) is 0.267. The summed E-state index contributed by atoms with van der Waals surface area (Å²) >= 11 is 0. The van der Waals surface area contributed by atoms with Crippen LogP contribution in [0.2, 0.25) is 0 Å². The SMILES string of the molecule is CC(C)/C=C/C(O)(C(=O)OC1C2CCN(CC2)C1C)C1CCCC1. The molecule has 3 saturated heterocycles. The molecule has 1 aliphatic carbocycles. The van der Waals surface area contributed by atoms with Gasteiger partial charge in [-0.1, -0.05) is 32.8 Å². The average molecular weight is 335 g/mol. The second-order valence-corrected chi connectivity index (χ2v) is 8.39. The van der Waals surface area contributed by atoms with Gasteiger partial charge in [-0.05, 0) is 63.6 Å². The quantitative estimate of drug-likeness (QED) is 0.619. The van der Waals surface area contributed by atoms with Gasteiger partial charge in [0.05, 0.1) is 0 Å². The summed E-state index contributed by atoms with van der Waals surface area (Å²) in [5.74, 6) is 0.339. The number of fused-ring (bicyclic) bond motifs is 3. The Balaban J connectivity index is 1.76. The van der Waals surface area contributed by atoms with E-state index in [0.717, 1.165) is 51.6 Å². The predicted octanol–water partition coefficient (Wildman–Crippen LogP) is 3.15. The van der Waals surface area contributed by atoms with Crippen molar-refractivity contribution in [3.8, 4) is 0 Å². The molecule has 0 amide bonds. The molecule has 3 aliphatic heterocycles. The van der Waals surface area contributed by atoms with Crippen LogP contribution in [-0.4, -0.2) is 46.8 Å². The lowest BCUT2D eigenvalue weighted by molar-refractivity contribution is -0.185. The summed E-state index contributed by atoms with van der Waals surface area (Å²) in [6.45, 7) is 8.50. The summed E-state index contributed by atoms with van der Waals surface area (Å²) in [5.41, 5.74) is -1.45. The first-order valence-electron chi connectivity index (χ1n) is 9.78. The summed E-state index contributed by atoms with van der Waals surface area (Å²) in [5, 5.41) is 11.2. The Morgan fingerprint density at radius 1 is 1.21 bits per heavy atom. The van der Waals surface area contributed by atoms with Crippen molar-refractivity contribution in [1.82, 2.24) is 4.90 Å². The van der Waals surface area contributed by atoms with E-state index in [1.54, 1.807) is 6.08 Å². The van der Waals surface area contributed by atoms with E-state index in [0.29, 0.717) is 11.8 Å². The van der Waals surface area contributed by atoms with Gasteiger partial charge in [-0.15, -0.1) is 0 Å². The lowest BCUT2D eigenvalue weighted by Crippen LogP contribution is -2.59. The van der Waals surface area contributed by atoms with Crippen LogP contribution >= 0.6 is 0 Å². The fourth-order valence-electron chi connectivity index (χ4n) is 4.75. The van der Waals surface area contributed by atoms with Gasteiger partial charge in [0, 0.05) is 12.0 Å². The van der Waals surface area contributed by atoms with Crippen LogP contribution in [0.1, 0.15) is 59.3 Å². The third-order valence-corrected chi connectivity index (χ3v) is 6.37. The maximum Gasteiger partial charge on any atom is 0.342 e. The molecule has 1 saturated carbocycles. The molecule has 3 atom stereocenters. The van der Waals surface area contributed by atoms with Crippen molar-refractivity contribution in [2.75, 3.05) is 13.1 Å². The van der Waals surface area contributed by atoms with Crippen LogP contribution < -0.4 is 0 Å². The molecule has 4 fully saturated rings. The van der Waals surface area contributed by atoms with Crippen LogP contribution in [0.3, 0.4) is 0 Å². The summed E-state index contributed by atoms with van der Waals surface area (Å²) < 4.78 is 5.97. The Morgan fingerprint density at radius 2 is 1.83 bits per heavy atom. The Hall–Kier alpha value is -0.870. The maximum absolute atomic E-state index is 13.0. The first-order chi connectivity index (χ1) is 11.4. The van der Waals surface area contributed by atoms with Crippen molar-refractivity contribution in [2.45, 2.75) is 77.0 Å². The number of allylic oxidation sites excluding steroid dienone is 1. The third kappa shape index (κ3) is 3.41. The van der Waals surface area contributed by atoms with E-state index in [4.69, 9.17) is 4.74 Å². The van der Waals surface area contributed by atoms with Gasteiger partial charge in [-0.3, -0.25) is 4.90 Å². The zero-order chi connectivity index (χ0) is 17.3. The highest BCUT2D eigenvalue weighted by molar-refractivity contribution is 5.82. The van der Waals surface area contributed by atoms with E-state index in [9.17, 15) is 9.90 Å². The zero-order valence-corrected chi connectivity index (χ0v) is 15.4. The van der Waals surface area contributed by atoms with Gasteiger partial charge in [0.2, 0.25) is 0 Å². The molecule has 1 N–H and O–H groups in total. The zero-order valence-electron chi connectivity index (χ0n) is 15.4. The van der Waals surface area contributed by atoms with Crippen LogP contribution in [0, 0.1) is 17.8 Å². The van der Waals surface area contributed by atoms with E-state index in [-0.39, 0.29) is 18.1 Å². The lowest BCUT2D eigenvalue weighted by Gasteiger charge is -2.49. The van der Waals surface area contributed by atoms with E-state index in [1.807, 2.05) is 6.08 Å². The number of ether oxygens (including phenoxy) is 1. The number of piperidine rings is 3. The topological polar surface area (TPSA) is 49.8 Å². The Bertz CT molecular complexity index is 473. The van der Waals surface area contributed by atoms with Crippen molar-refractivity contribution in [3.05, 3.63) is 12.2 Å². The van der Waals surface area contributed by atoms with Crippen molar-refractivity contribution >= 4 is 5.97 Å². The van der Waals surface area contributed by atoms with E-state index < -0.39 is 11.6 Å². The first-order valence-corrected chi connectivity index (χ1v) is 9.78. The molecule has 2 bridgehead atoms. The predicted molar refractivity (Wildman–Crippen MR) is 94.5 cm³/mol. The molecule has 4 aliphatic rings. The molecule has 3 unspecified atom stereocenters. The Labute approximate surface area is 146 Å². The molecule has 24 heavy (non-hydrogen) atoms. The average Bonchev–Trinajstić information content (AvgIpc) is 3.11. The number of hydrogen-bond acceptors (Lipinski definition) is 4. The molecular formula is C20H33NO3. The largest absolute Gasteiger partial charge is 0.458 e. The summed E-state index contributed by atoms with van der Waals surface area (Å²) in [4.78, 5) is 15.4. The maximum atomic E-state index is 13.0. The van der Waals surface area contributed by atoms with Crippen molar-refractivity contribution in [1.29, 1.82) is 0 Å². The summed E-state index contributed by atoms with van der Waals surface area (Å²) in [7, 11) is 0. The highest BCUT2D eigenvalue weighted by Gasteiger charge is 2.48. The number of nitrogens with zero attached hydrogens (tertiary/aromatic N) is 1. The number of carbonyl (C=O) groups is 1. The second-order valence-electron chi connectivity index (χ2n) is 8.39. The molecule has 136 valence electrons. The van der Waals surface area contributed by atoms with Crippen molar-refractivity contribution < 1.29 is 14.6 Å². The molecule has 0 aromatic heterocycles. The Morgan fingerprint density at radius 3 is 2.38 bits per heavy atom. The highest BCUT2D eigenvalue weighted by Crippen LogP contribution is 2.39. The third-order valence-electron chi connectivity index (χ3n) is 6.37. The van der Waals surface area contributed by atoms with Gasteiger partial charge in [0.15, 0.2) is 5.60 Å². The van der Waals surface area contributed by atoms with E-state index in [2.05, 4.69) is 25.7 Å². The number of rotatable bonds is 5. The number of carbonyl (C=O) groups excluding carboxylic acids is 1. The highest BCUT2D eigenvalue weighted by atomic mass is 16.6. The van der Waals surface area contributed by atoms with E-state index >= 15 is 0 Å². The van der Waals surface area contributed by atoms with Gasteiger partial charge in [0.25, 0.3) is 0 Å². The minimum absolute atomic E-state index is 0.00334. The fraction of sp³-hybridized carbons (Fsp3) is 0.850. The molecule has 4 heteroatoms. The van der Waals surface area contributed by atoms with Gasteiger partial charge in [0.1, 0.15) is 6.10 Å². The standard InChI is InChI=1S/C20H33NO3/c1-14(2)8-11-20(23,17-6-4-5-7-17)19(22)24-18-15(3)21-12-9-16(18)10-13-21/h8,11,14-18,23H,4-7,9-10,12-13H2,1-3H3/b11-8+. The van der Waals surface area contributed by atoms with Gasteiger partial charge in [-0.2, -0.15) is 0 Å². The van der Waals surface area contributed by atoms with Crippen LogP contribution in [0.5, 0.6) is 0 Å². The van der Waals surface area contributed by atoms with Crippen LogP contribution in [0.4, 0.5) is 0 Å². The van der Waals surface area contributed by atoms with Crippen LogP contribution in [0.15, 0.2) is 12.2 Å². The summed E-state index contributed by atoms with van der Waals surface area (Å²) in [6.07, 6.45) is 9.80. The number of hydrogen-bond donors (Lipinski definition) is 1. The molecular weight excluding hydrogens is 302 g/mol. The molecule has 0 spiro atoms. The molecule has 0 radical (unpaired) electrons. The minimum atomic E-state index is -1.45. The molecule has 3 heterocycles. The number of esters is 1. The van der Waals surface area contributed by atoms with Crippen LogP contribution in [0.25, 0.3) is 0 Å². The molecule has 0 aromatic carbocycles. The lowest BCUT2D eigenvalue weighted by atomic mass is 9.80. The monoisotopic (exact) mass is 335 g/mol. The molecule has 4 nitrogen and oxygen atoms in total. The van der Waals surface area contributed by atoms with Gasteiger partial charge < -0.3 is 9.84 Å². The van der Waals surface area contributed by atoms with Crippen molar-refractivity contribution in [3.63, 3.8) is 0 Å².